The quantitative estimate of drug-likeness (QED) is 0.674. The molecule has 1 aromatic heterocycles. The molecular formula is C10H16N2O2. The van der Waals surface area contributed by atoms with Gasteiger partial charge in [-0.15, -0.1) is 0 Å². The van der Waals surface area contributed by atoms with Crippen LogP contribution in [0.2, 0.25) is 0 Å². The summed E-state index contributed by atoms with van der Waals surface area (Å²) >= 11 is 0. The van der Waals surface area contributed by atoms with Crippen LogP contribution in [0.3, 0.4) is 0 Å². The Labute approximate surface area is 83.9 Å². The van der Waals surface area contributed by atoms with Gasteiger partial charge in [-0.2, -0.15) is 5.10 Å². The van der Waals surface area contributed by atoms with Gasteiger partial charge in [0.2, 0.25) is 0 Å². The zero-order valence-electron chi connectivity index (χ0n) is 9.29. The summed E-state index contributed by atoms with van der Waals surface area (Å²) in [5, 5.41) is 4.29. The van der Waals surface area contributed by atoms with Crippen molar-refractivity contribution in [2.24, 2.45) is 0 Å². The second-order valence-corrected chi connectivity index (χ2v) is 3.44. The van der Waals surface area contributed by atoms with Gasteiger partial charge in [-0.1, -0.05) is 0 Å². The van der Waals surface area contributed by atoms with Crippen molar-refractivity contribution < 1.29 is 9.53 Å². The van der Waals surface area contributed by atoms with Crippen molar-refractivity contribution in [3.05, 3.63) is 17.0 Å². The summed E-state index contributed by atoms with van der Waals surface area (Å²) in [4.78, 5) is 11.3. The van der Waals surface area contributed by atoms with Crippen molar-refractivity contribution >= 4 is 5.97 Å². The molecule has 0 spiro atoms. The molecular weight excluding hydrogens is 180 g/mol. The van der Waals surface area contributed by atoms with Gasteiger partial charge in [0.25, 0.3) is 0 Å². The minimum absolute atomic E-state index is 0.268. The van der Waals surface area contributed by atoms with Gasteiger partial charge in [0.05, 0.1) is 12.8 Å². The van der Waals surface area contributed by atoms with E-state index in [-0.39, 0.29) is 12.0 Å². The Kier molecular flexibility index (Phi) is 2.93. The van der Waals surface area contributed by atoms with Crippen LogP contribution in [0.15, 0.2) is 0 Å². The highest BCUT2D eigenvalue weighted by Crippen LogP contribution is 2.16. The maximum Gasteiger partial charge on any atom is 0.330 e. The predicted molar refractivity (Wildman–Crippen MR) is 53.2 cm³/mol. The Morgan fingerprint density at radius 1 is 1.43 bits per heavy atom. The Hall–Kier alpha value is -1.32. The molecule has 78 valence electrons. The number of esters is 1. The molecule has 1 atom stereocenters. The molecule has 1 rings (SSSR count). The molecule has 0 aromatic carbocycles. The standard InChI is InChI=1S/C10H16N2O2/c1-6-7(2)11-12(8(6)3)9(4)10(13)14-5/h9H,1-5H3/t9-/m1/s1. The first-order chi connectivity index (χ1) is 6.49. The Balaban J connectivity index is 3.07. The topological polar surface area (TPSA) is 44.1 Å². The van der Waals surface area contributed by atoms with Gasteiger partial charge >= 0.3 is 5.97 Å². The second kappa shape index (κ2) is 3.82. The highest BCUT2D eigenvalue weighted by Gasteiger charge is 2.19. The van der Waals surface area contributed by atoms with Crippen molar-refractivity contribution in [2.45, 2.75) is 33.7 Å². The van der Waals surface area contributed by atoms with E-state index < -0.39 is 0 Å². The molecule has 0 aliphatic rings. The van der Waals surface area contributed by atoms with Crippen molar-refractivity contribution in [3.8, 4) is 0 Å². The fourth-order valence-corrected chi connectivity index (χ4v) is 1.39. The number of ether oxygens (including phenoxy) is 1. The minimum atomic E-state index is -0.354. The number of aromatic nitrogens is 2. The average molecular weight is 196 g/mol. The van der Waals surface area contributed by atoms with Gasteiger partial charge in [-0.3, -0.25) is 4.68 Å². The SMILES string of the molecule is COC(=O)[C@@H](C)n1nc(C)c(C)c1C. The first-order valence-electron chi connectivity index (χ1n) is 4.59. The summed E-state index contributed by atoms with van der Waals surface area (Å²) in [6.45, 7) is 7.67. The fourth-order valence-electron chi connectivity index (χ4n) is 1.39. The van der Waals surface area contributed by atoms with Gasteiger partial charge in [0, 0.05) is 5.69 Å². The summed E-state index contributed by atoms with van der Waals surface area (Å²) < 4.78 is 6.38. The van der Waals surface area contributed by atoms with Crippen LogP contribution >= 0.6 is 0 Å². The van der Waals surface area contributed by atoms with Gasteiger partial charge in [0.15, 0.2) is 0 Å². The van der Waals surface area contributed by atoms with Crippen LogP contribution in [-0.2, 0) is 9.53 Å². The van der Waals surface area contributed by atoms with Crippen molar-refractivity contribution in [1.29, 1.82) is 0 Å². The fraction of sp³-hybridized carbons (Fsp3) is 0.600. The monoisotopic (exact) mass is 196 g/mol. The molecule has 0 aliphatic carbocycles. The third kappa shape index (κ3) is 1.64. The van der Waals surface area contributed by atoms with Crippen LogP contribution in [0.1, 0.15) is 29.9 Å². The molecule has 0 unspecified atom stereocenters. The lowest BCUT2D eigenvalue weighted by molar-refractivity contribution is -0.144. The van der Waals surface area contributed by atoms with Crippen molar-refractivity contribution in [1.82, 2.24) is 9.78 Å². The van der Waals surface area contributed by atoms with Gasteiger partial charge < -0.3 is 4.74 Å². The summed E-state index contributed by atoms with van der Waals surface area (Å²) in [6.07, 6.45) is 0. The van der Waals surface area contributed by atoms with E-state index in [1.807, 2.05) is 20.8 Å². The predicted octanol–water partition coefficient (Wildman–Crippen LogP) is 1.54. The normalized spacial score (nSPS) is 12.6. The number of rotatable bonds is 2. The number of hydrogen-bond acceptors (Lipinski definition) is 3. The van der Waals surface area contributed by atoms with Crippen LogP contribution in [0.25, 0.3) is 0 Å². The summed E-state index contributed by atoms with van der Waals surface area (Å²) in [5.41, 5.74) is 3.10. The lowest BCUT2D eigenvalue weighted by atomic mass is 10.2. The molecule has 0 amide bonds. The maximum absolute atomic E-state index is 11.3. The first kappa shape index (κ1) is 10.8. The Morgan fingerprint density at radius 3 is 2.36 bits per heavy atom. The number of hydrogen-bond donors (Lipinski definition) is 0. The molecule has 0 saturated heterocycles. The molecule has 4 heteroatoms. The molecule has 0 radical (unpaired) electrons. The summed E-state index contributed by atoms with van der Waals surface area (Å²) in [7, 11) is 1.39. The number of carbonyl (C=O) groups is 1. The van der Waals surface area contributed by atoms with Gasteiger partial charge in [-0.25, -0.2) is 4.79 Å². The molecule has 0 bridgehead atoms. The van der Waals surface area contributed by atoms with Crippen LogP contribution in [-0.4, -0.2) is 22.9 Å². The van der Waals surface area contributed by atoms with E-state index in [1.165, 1.54) is 7.11 Å². The van der Waals surface area contributed by atoms with Crippen LogP contribution in [0.5, 0.6) is 0 Å². The molecule has 1 heterocycles. The highest BCUT2D eigenvalue weighted by atomic mass is 16.5. The summed E-state index contributed by atoms with van der Waals surface area (Å²) in [5.74, 6) is -0.268. The van der Waals surface area contributed by atoms with E-state index in [4.69, 9.17) is 0 Å². The van der Waals surface area contributed by atoms with E-state index in [2.05, 4.69) is 9.84 Å². The van der Waals surface area contributed by atoms with Crippen LogP contribution < -0.4 is 0 Å². The molecule has 0 saturated carbocycles. The zero-order chi connectivity index (χ0) is 10.9. The molecule has 14 heavy (non-hydrogen) atoms. The van der Waals surface area contributed by atoms with Crippen molar-refractivity contribution in [2.75, 3.05) is 7.11 Å². The van der Waals surface area contributed by atoms with Gasteiger partial charge in [-0.05, 0) is 33.3 Å². The molecule has 0 fully saturated rings. The van der Waals surface area contributed by atoms with E-state index in [9.17, 15) is 4.79 Å². The Morgan fingerprint density at radius 2 is 2.00 bits per heavy atom. The zero-order valence-corrected chi connectivity index (χ0v) is 9.29. The lowest BCUT2D eigenvalue weighted by Gasteiger charge is -2.11. The third-order valence-electron chi connectivity index (χ3n) is 2.60. The minimum Gasteiger partial charge on any atom is -0.467 e. The van der Waals surface area contributed by atoms with E-state index in [0.29, 0.717) is 0 Å². The largest absolute Gasteiger partial charge is 0.467 e. The first-order valence-corrected chi connectivity index (χ1v) is 4.59. The molecule has 0 N–H and O–H groups in total. The number of nitrogens with zero attached hydrogens (tertiary/aromatic N) is 2. The van der Waals surface area contributed by atoms with Crippen LogP contribution in [0.4, 0.5) is 0 Å². The van der Waals surface area contributed by atoms with Crippen LogP contribution in [0, 0.1) is 20.8 Å². The molecule has 4 nitrogen and oxygen atoms in total. The smallest absolute Gasteiger partial charge is 0.330 e. The average Bonchev–Trinajstić information content (AvgIpc) is 2.43. The van der Waals surface area contributed by atoms with Gasteiger partial charge in [0.1, 0.15) is 6.04 Å². The lowest BCUT2D eigenvalue weighted by Crippen LogP contribution is -2.20. The number of methoxy groups -OCH3 is 1. The Bertz CT molecular complexity index is 355. The van der Waals surface area contributed by atoms with E-state index in [0.717, 1.165) is 17.0 Å². The number of carbonyl (C=O) groups excluding carboxylic acids is 1. The third-order valence-corrected chi connectivity index (χ3v) is 2.60. The summed E-state index contributed by atoms with van der Waals surface area (Å²) in [6, 6.07) is -0.354. The molecule has 1 aromatic rings. The highest BCUT2D eigenvalue weighted by molar-refractivity contribution is 5.73. The second-order valence-electron chi connectivity index (χ2n) is 3.44. The van der Waals surface area contributed by atoms with E-state index in [1.54, 1.807) is 11.6 Å². The molecule has 0 aliphatic heterocycles. The maximum atomic E-state index is 11.3. The number of aryl methyl sites for hydroxylation is 1. The van der Waals surface area contributed by atoms with Crippen molar-refractivity contribution in [3.63, 3.8) is 0 Å². The van der Waals surface area contributed by atoms with E-state index >= 15 is 0 Å².